The molecule has 128 valence electrons. The molecule has 0 aromatic heterocycles. The Morgan fingerprint density at radius 1 is 1.14 bits per heavy atom. The maximum absolute atomic E-state index is 9.80. The van der Waals surface area contributed by atoms with Gasteiger partial charge in [0.15, 0.2) is 5.96 Å². The van der Waals surface area contributed by atoms with E-state index in [9.17, 15) is 5.11 Å². The summed E-state index contributed by atoms with van der Waals surface area (Å²) in [6.07, 6.45) is 3.03. The average Bonchev–Trinajstić information content (AvgIpc) is 2.40. The number of ether oxygens (including phenoxy) is 1. The van der Waals surface area contributed by atoms with Crippen molar-refractivity contribution in [2.75, 3.05) is 32.8 Å². The van der Waals surface area contributed by atoms with Gasteiger partial charge in [-0.3, -0.25) is 4.99 Å². The van der Waals surface area contributed by atoms with Gasteiger partial charge in [-0.1, -0.05) is 33.6 Å². The molecule has 0 aliphatic rings. The van der Waals surface area contributed by atoms with Crippen molar-refractivity contribution in [3.8, 4) is 0 Å². The minimum atomic E-state index is -0.542. The van der Waals surface area contributed by atoms with Gasteiger partial charge in [0, 0.05) is 19.7 Å². The van der Waals surface area contributed by atoms with E-state index < -0.39 is 6.10 Å². The lowest BCUT2D eigenvalue weighted by Gasteiger charge is -2.13. The molecule has 21 heavy (non-hydrogen) atoms. The summed E-state index contributed by atoms with van der Waals surface area (Å²) in [5.74, 6) is 1.26. The predicted octanol–water partition coefficient (Wildman–Crippen LogP) is 2.38. The minimum absolute atomic E-state index is 0. The molecule has 3 N–H and O–H groups in total. The molecule has 0 spiro atoms. The first kappa shape index (κ1) is 23.2. The number of hydrogen-bond acceptors (Lipinski definition) is 3. The molecule has 1 atom stereocenters. The third-order valence-corrected chi connectivity index (χ3v) is 2.64. The number of aliphatic imine (C=N–C) groups is 1. The molecule has 0 saturated carbocycles. The molecule has 0 aliphatic carbocycles. The van der Waals surface area contributed by atoms with Crippen LogP contribution < -0.4 is 10.6 Å². The first-order chi connectivity index (χ1) is 9.60. The zero-order valence-corrected chi connectivity index (χ0v) is 16.4. The standard InChI is InChI=1S/C15H33N3O2.HI/c1-5-7-8-9-17-15(16-6-2)18-10-14(19)12-20-11-13(3)4;/h13-14,19H,5-12H2,1-4H3,(H2,16,17,18);1H. The fourth-order valence-electron chi connectivity index (χ4n) is 1.61. The van der Waals surface area contributed by atoms with E-state index in [0.717, 1.165) is 25.5 Å². The highest BCUT2D eigenvalue weighted by Crippen LogP contribution is 1.95. The molecular formula is C15H34IN3O2. The van der Waals surface area contributed by atoms with Gasteiger partial charge in [-0.2, -0.15) is 0 Å². The molecule has 0 aromatic carbocycles. The predicted molar refractivity (Wildman–Crippen MR) is 101 cm³/mol. The van der Waals surface area contributed by atoms with Crippen molar-refractivity contribution < 1.29 is 9.84 Å². The van der Waals surface area contributed by atoms with Gasteiger partial charge in [0.1, 0.15) is 0 Å². The Kier molecular flexibility index (Phi) is 18.0. The highest BCUT2D eigenvalue weighted by atomic mass is 127. The topological polar surface area (TPSA) is 65.9 Å². The zero-order chi connectivity index (χ0) is 15.2. The van der Waals surface area contributed by atoms with E-state index in [0.29, 0.717) is 25.7 Å². The molecule has 5 nitrogen and oxygen atoms in total. The Bertz CT molecular complexity index is 251. The number of nitrogens with one attached hydrogen (secondary N) is 2. The van der Waals surface area contributed by atoms with E-state index in [1.807, 2.05) is 6.92 Å². The maximum atomic E-state index is 9.80. The minimum Gasteiger partial charge on any atom is -0.389 e. The lowest BCUT2D eigenvalue weighted by atomic mass is 10.2. The second-order valence-corrected chi connectivity index (χ2v) is 5.44. The highest BCUT2D eigenvalue weighted by molar-refractivity contribution is 14.0. The molecule has 0 amide bonds. The maximum Gasteiger partial charge on any atom is 0.191 e. The van der Waals surface area contributed by atoms with Crippen molar-refractivity contribution in [3.05, 3.63) is 0 Å². The summed E-state index contributed by atoms with van der Waals surface area (Å²) in [4.78, 5) is 4.37. The summed E-state index contributed by atoms with van der Waals surface area (Å²) >= 11 is 0. The van der Waals surface area contributed by atoms with E-state index in [1.165, 1.54) is 12.8 Å². The van der Waals surface area contributed by atoms with Gasteiger partial charge in [0.25, 0.3) is 0 Å². The van der Waals surface area contributed by atoms with E-state index >= 15 is 0 Å². The van der Waals surface area contributed by atoms with Gasteiger partial charge >= 0.3 is 0 Å². The summed E-state index contributed by atoms with van der Waals surface area (Å²) < 4.78 is 5.40. The fraction of sp³-hybridized carbons (Fsp3) is 0.933. The smallest absolute Gasteiger partial charge is 0.191 e. The molecule has 0 bridgehead atoms. The van der Waals surface area contributed by atoms with E-state index in [-0.39, 0.29) is 24.0 Å². The monoisotopic (exact) mass is 415 g/mol. The van der Waals surface area contributed by atoms with Crippen LogP contribution in [0.2, 0.25) is 0 Å². The molecule has 6 heteroatoms. The summed E-state index contributed by atoms with van der Waals surface area (Å²) in [7, 11) is 0. The number of aliphatic hydroxyl groups excluding tert-OH is 1. The van der Waals surface area contributed by atoms with Gasteiger partial charge < -0.3 is 20.5 Å². The molecule has 0 saturated heterocycles. The highest BCUT2D eigenvalue weighted by Gasteiger charge is 2.05. The molecule has 0 aromatic rings. The van der Waals surface area contributed by atoms with Gasteiger partial charge in [0.05, 0.1) is 19.3 Å². The van der Waals surface area contributed by atoms with Crippen LogP contribution in [-0.2, 0) is 4.74 Å². The van der Waals surface area contributed by atoms with Crippen molar-refractivity contribution in [3.63, 3.8) is 0 Å². The van der Waals surface area contributed by atoms with Crippen molar-refractivity contribution in [2.45, 2.75) is 53.1 Å². The van der Waals surface area contributed by atoms with Gasteiger partial charge in [-0.05, 0) is 19.3 Å². The van der Waals surface area contributed by atoms with Crippen LogP contribution in [0.3, 0.4) is 0 Å². The van der Waals surface area contributed by atoms with Crippen LogP contribution >= 0.6 is 24.0 Å². The van der Waals surface area contributed by atoms with E-state index in [1.54, 1.807) is 0 Å². The first-order valence-corrected chi connectivity index (χ1v) is 7.88. The number of guanidine groups is 1. The normalized spacial score (nSPS) is 13.0. The molecular weight excluding hydrogens is 381 g/mol. The first-order valence-electron chi connectivity index (χ1n) is 7.88. The lowest BCUT2D eigenvalue weighted by molar-refractivity contribution is 0.0301. The largest absolute Gasteiger partial charge is 0.389 e. The Labute approximate surface area is 147 Å². The van der Waals surface area contributed by atoms with Gasteiger partial charge in [-0.25, -0.2) is 0 Å². The zero-order valence-electron chi connectivity index (χ0n) is 14.0. The molecule has 0 radical (unpaired) electrons. The molecule has 0 fully saturated rings. The third kappa shape index (κ3) is 16.1. The van der Waals surface area contributed by atoms with Crippen LogP contribution in [0.1, 0.15) is 47.0 Å². The van der Waals surface area contributed by atoms with Crippen LogP contribution in [0.5, 0.6) is 0 Å². The molecule has 0 aliphatic heterocycles. The Morgan fingerprint density at radius 3 is 2.43 bits per heavy atom. The SMILES string of the molecule is CCCCCNC(=NCC(O)COCC(C)C)NCC.I. The number of rotatable bonds is 11. The number of hydrogen-bond donors (Lipinski definition) is 3. The molecule has 1 unspecified atom stereocenters. The number of halogens is 1. The van der Waals surface area contributed by atoms with Gasteiger partial charge in [-0.15, -0.1) is 24.0 Å². The number of nitrogens with zero attached hydrogens (tertiary/aromatic N) is 1. The van der Waals surface area contributed by atoms with E-state index in [4.69, 9.17) is 4.74 Å². The second kappa shape index (κ2) is 16.3. The summed E-state index contributed by atoms with van der Waals surface area (Å²) in [6, 6.07) is 0. The number of aliphatic hydroxyl groups is 1. The molecule has 0 heterocycles. The van der Waals surface area contributed by atoms with Crippen LogP contribution in [0.15, 0.2) is 4.99 Å². The average molecular weight is 415 g/mol. The van der Waals surface area contributed by atoms with Crippen LogP contribution in [0.4, 0.5) is 0 Å². The Hall–Kier alpha value is -0.0800. The van der Waals surface area contributed by atoms with Crippen LogP contribution in [0, 0.1) is 5.92 Å². The quantitative estimate of drug-likeness (QED) is 0.210. The summed E-state index contributed by atoms with van der Waals surface area (Å²) in [5.41, 5.74) is 0. The molecule has 0 rings (SSSR count). The lowest BCUT2D eigenvalue weighted by Crippen LogP contribution is -2.38. The number of unbranched alkanes of at least 4 members (excludes halogenated alkanes) is 2. The Balaban J connectivity index is 0. The third-order valence-electron chi connectivity index (χ3n) is 2.64. The second-order valence-electron chi connectivity index (χ2n) is 5.44. The van der Waals surface area contributed by atoms with Crippen LogP contribution in [-0.4, -0.2) is 50.0 Å². The fourth-order valence-corrected chi connectivity index (χ4v) is 1.61. The van der Waals surface area contributed by atoms with Crippen molar-refractivity contribution in [1.82, 2.24) is 10.6 Å². The summed E-state index contributed by atoms with van der Waals surface area (Å²) in [6.45, 7) is 11.5. The van der Waals surface area contributed by atoms with Crippen LogP contribution in [0.25, 0.3) is 0 Å². The van der Waals surface area contributed by atoms with Crippen molar-refractivity contribution in [1.29, 1.82) is 0 Å². The Morgan fingerprint density at radius 2 is 1.86 bits per heavy atom. The van der Waals surface area contributed by atoms with Gasteiger partial charge in [0.2, 0.25) is 0 Å². The van der Waals surface area contributed by atoms with E-state index in [2.05, 4.69) is 36.4 Å². The van der Waals surface area contributed by atoms with Crippen molar-refractivity contribution >= 4 is 29.9 Å². The summed E-state index contributed by atoms with van der Waals surface area (Å²) in [5, 5.41) is 16.2. The van der Waals surface area contributed by atoms with Crippen molar-refractivity contribution in [2.24, 2.45) is 10.9 Å².